The van der Waals surface area contributed by atoms with Gasteiger partial charge in [0, 0.05) is 19.6 Å². The Balaban J connectivity index is 1.26. The van der Waals surface area contributed by atoms with Crippen molar-refractivity contribution in [3.8, 4) is 0 Å². The molecule has 5 nitrogen and oxygen atoms in total. The third-order valence-corrected chi connectivity index (χ3v) is 9.07. The highest BCUT2D eigenvalue weighted by Gasteiger charge is 2.58. The largest absolute Gasteiger partial charge is 0.395 e. The fourth-order valence-corrected chi connectivity index (χ4v) is 6.41. The zero-order chi connectivity index (χ0) is 27.7. The molecule has 2 aliphatic heterocycles. The lowest BCUT2D eigenvalue weighted by atomic mass is 9.67. The van der Waals surface area contributed by atoms with Crippen molar-refractivity contribution < 1.29 is 32.2 Å². The summed E-state index contributed by atoms with van der Waals surface area (Å²) in [6, 6.07) is 9.20. The van der Waals surface area contributed by atoms with Crippen LogP contribution in [0.1, 0.15) is 56.4 Å². The van der Waals surface area contributed by atoms with Gasteiger partial charge < -0.3 is 19.6 Å². The van der Waals surface area contributed by atoms with Gasteiger partial charge in [0.2, 0.25) is 0 Å². The molecule has 1 N–H and O–H groups in total. The van der Waals surface area contributed by atoms with E-state index in [-0.39, 0.29) is 38.5 Å². The Labute approximate surface area is 227 Å². The number of piperidine rings is 2. The van der Waals surface area contributed by atoms with Gasteiger partial charge in [0.05, 0.1) is 24.0 Å². The number of alkyl halides is 3. The molecule has 2 aliphatic carbocycles. The number of benzene rings is 1. The van der Waals surface area contributed by atoms with E-state index in [4.69, 9.17) is 4.74 Å². The third kappa shape index (κ3) is 5.95. The molecule has 0 radical (unpaired) electrons. The number of hydrogen-bond donors (Lipinski definition) is 1. The van der Waals surface area contributed by atoms with E-state index < -0.39 is 40.9 Å². The van der Waals surface area contributed by atoms with Gasteiger partial charge in [-0.1, -0.05) is 42.8 Å². The maximum Gasteiger partial charge on any atom is 0.395 e. The van der Waals surface area contributed by atoms with Gasteiger partial charge in [0.25, 0.3) is 5.91 Å². The number of amides is 1. The first kappa shape index (κ1) is 28.3. The summed E-state index contributed by atoms with van der Waals surface area (Å²) in [6.07, 6.45) is 3.37. The molecule has 0 bridgehead atoms. The highest BCUT2D eigenvalue weighted by Crippen LogP contribution is 2.53. The van der Waals surface area contributed by atoms with E-state index in [1.165, 1.54) is 6.08 Å². The zero-order valence-corrected chi connectivity index (χ0v) is 22.2. The van der Waals surface area contributed by atoms with Crippen molar-refractivity contribution in [1.29, 1.82) is 0 Å². The average molecular weight is 551 g/mol. The highest BCUT2D eigenvalue weighted by atomic mass is 19.4. The predicted molar refractivity (Wildman–Crippen MR) is 140 cm³/mol. The highest BCUT2D eigenvalue weighted by molar-refractivity contribution is 5.90. The Morgan fingerprint density at radius 3 is 2.36 bits per heavy atom. The number of rotatable bonds is 7. The number of aliphatic hydroxyl groups is 1. The number of carbonyl (C=O) groups excluding carboxylic acids is 1. The summed E-state index contributed by atoms with van der Waals surface area (Å²) in [5, 5.41) is 10.1. The molecule has 2 heterocycles. The lowest BCUT2D eigenvalue weighted by Gasteiger charge is -2.47. The Morgan fingerprint density at radius 2 is 1.77 bits per heavy atom. The number of ether oxygens (including phenoxy) is 1. The van der Waals surface area contributed by atoms with E-state index >= 15 is 4.39 Å². The first-order valence-electron chi connectivity index (χ1n) is 14.1. The van der Waals surface area contributed by atoms with Crippen molar-refractivity contribution in [3.05, 3.63) is 60.0 Å². The molecule has 1 amide bonds. The van der Waals surface area contributed by atoms with Gasteiger partial charge >= 0.3 is 6.18 Å². The van der Waals surface area contributed by atoms with Gasteiger partial charge in [0.1, 0.15) is 5.83 Å². The predicted octanol–water partition coefficient (Wildman–Crippen LogP) is 5.38. The second-order valence-electron chi connectivity index (χ2n) is 11.8. The van der Waals surface area contributed by atoms with Crippen LogP contribution in [0.15, 0.2) is 54.4 Å². The summed E-state index contributed by atoms with van der Waals surface area (Å²) in [5.74, 6) is -1.42. The van der Waals surface area contributed by atoms with Crippen molar-refractivity contribution in [2.75, 3.05) is 39.3 Å². The summed E-state index contributed by atoms with van der Waals surface area (Å²) in [4.78, 5) is 17.2. The molecule has 3 fully saturated rings. The number of carbonyl (C=O) groups is 1. The van der Waals surface area contributed by atoms with Gasteiger partial charge in [-0.3, -0.25) is 4.79 Å². The molecule has 1 aromatic carbocycles. The molecule has 0 spiro atoms. The van der Waals surface area contributed by atoms with Gasteiger partial charge in [-0.15, -0.1) is 0 Å². The van der Waals surface area contributed by atoms with Crippen LogP contribution in [0.3, 0.4) is 0 Å². The Morgan fingerprint density at radius 1 is 1.05 bits per heavy atom. The van der Waals surface area contributed by atoms with Gasteiger partial charge in [-0.2, -0.15) is 13.2 Å². The number of β-amino-alcohol motifs (C(OH)–C–C–N with tert-alkyl or cyclic N) is 1. The minimum atomic E-state index is -4.18. The summed E-state index contributed by atoms with van der Waals surface area (Å²) < 4.78 is 62.7. The van der Waals surface area contributed by atoms with Crippen LogP contribution in [0.5, 0.6) is 0 Å². The van der Waals surface area contributed by atoms with Crippen molar-refractivity contribution in [2.45, 2.75) is 68.7 Å². The monoisotopic (exact) mass is 550 g/mol. The Kier molecular flexibility index (Phi) is 8.23. The van der Waals surface area contributed by atoms with Crippen LogP contribution in [0.25, 0.3) is 0 Å². The molecule has 5 rings (SSSR count). The van der Waals surface area contributed by atoms with Crippen molar-refractivity contribution >= 4 is 5.91 Å². The molecule has 9 heteroatoms. The Hall–Kier alpha value is -2.23. The van der Waals surface area contributed by atoms with Crippen LogP contribution < -0.4 is 0 Å². The van der Waals surface area contributed by atoms with Crippen LogP contribution in [0.4, 0.5) is 17.6 Å². The molecule has 1 saturated carbocycles. The average Bonchev–Trinajstić information content (AvgIpc) is 2.89. The third-order valence-electron chi connectivity index (χ3n) is 9.07. The van der Waals surface area contributed by atoms with E-state index in [1.807, 2.05) is 35.2 Å². The maximum absolute atomic E-state index is 15.6. The minimum Gasteiger partial charge on any atom is -0.391 e. The first-order chi connectivity index (χ1) is 18.6. The molecule has 0 aromatic heterocycles. The quantitative estimate of drug-likeness (QED) is 0.366. The summed E-state index contributed by atoms with van der Waals surface area (Å²) >= 11 is 0. The van der Waals surface area contributed by atoms with Crippen LogP contribution in [-0.2, 0) is 9.53 Å². The normalized spacial score (nSPS) is 30.1. The number of likely N-dealkylation sites (tertiary alicyclic amines) is 2. The second-order valence-corrected chi connectivity index (χ2v) is 11.8. The smallest absolute Gasteiger partial charge is 0.391 e. The molecule has 4 aliphatic rings. The molecule has 1 aromatic rings. The van der Waals surface area contributed by atoms with Crippen LogP contribution in [-0.4, -0.2) is 78.0 Å². The fraction of sp³-hybridized carbons (Fsp3) is 0.633. The maximum atomic E-state index is 15.6. The van der Waals surface area contributed by atoms with Crippen molar-refractivity contribution in [2.24, 2.45) is 11.3 Å². The number of halogens is 4. The van der Waals surface area contributed by atoms with Gasteiger partial charge in [-0.05, 0) is 75.2 Å². The Bertz CT molecular complexity index is 1060. The molecule has 3 unspecified atom stereocenters. The number of nitrogens with zero attached hydrogens (tertiary/aromatic N) is 2. The lowest BCUT2D eigenvalue weighted by molar-refractivity contribution is -0.256. The van der Waals surface area contributed by atoms with Gasteiger partial charge in [-0.25, -0.2) is 4.39 Å². The molecular formula is C30H38F4N2O3. The number of aliphatic hydroxyl groups excluding tert-OH is 1. The van der Waals surface area contributed by atoms with Crippen LogP contribution in [0, 0.1) is 11.3 Å². The summed E-state index contributed by atoms with van der Waals surface area (Å²) in [7, 11) is 0. The van der Waals surface area contributed by atoms with E-state index in [0.717, 1.165) is 5.56 Å². The van der Waals surface area contributed by atoms with Crippen LogP contribution in [0.2, 0.25) is 0 Å². The first-order valence-corrected chi connectivity index (χ1v) is 14.1. The molecule has 39 heavy (non-hydrogen) atoms. The van der Waals surface area contributed by atoms with E-state index in [2.05, 4.69) is 0 Å². The standard InChI is InChI=1S/C30H38F4N2O3/c31-26-18-29(27(38)36-15-4-8-24(37)19-36,14-9-25(26)23-6-2-1-3-7-23)39-20-22-10-16-35(17-11-22)21-28(12-5-13-28)30(32,33)34/h1-3,6-7,9,14,18,22,24-25,37H,4-5,8,10-13,15-17,19-21H2. The SMILES string of the molecule is O=C(N1CCCC(O)C1)C1(OCC2CCN(CC3(C(F)(F)F)CCC3)CC2)C=CC(c2ccccc2)C(F)=C1. The van der Waals surface area contributed by atoms with E-state index in [1.54, 1.807) is 17.1 Å². The van der Waals surface area contributed by atoms with Crippen molar-refractivity contribution in [1.82, 2.24) is 9.80 Å². The fourth-order valence-electron chi connectivity index (χ4n) is 6.41. The molecule has 2 saturated heterocycles. The van der Waals surface area contributed by atoms with Crippen molar-refractivity contribution in [3.63, 3.8) is 0 Å². The number of allylic oxidation sites excluding steroid dienone is 2. The zero-order valence-electron chi connectivity index (χ0n) is 22.2. The topological polar surface area (TPSA) is 53.0 Å². The summed E-state index contributed by atoms with van der Waals surface area (Å²) in [6.45, 7) is 1.97. The summed E-state index contributed by atoms with van der Waals surface area (Å²) in [5.41, 5.74) is -2.42. The van der Waals surface area contributed by atoms with E-state index in [0.29, 0.717) is 51.7 Å². The van der Waals surface area contributed by atoms with E-state index in [9.17, 15) is 23.1 Å². The minimum absolute atomic E-state index is 0.0430. The van der Waals surface area contributed by atoms with Crippen LogP contribution >= 0.6 is 0 Å². The second kappa shape index (κ2) is 11.3. The lowest BCUT2D eigenvalue weighted by Crippen LogP contribution is -2.54. The molecular weight excluding hydrogens is 512 g/mol. The van der Waals surface area contributed by atoms with Gasteiger partial charge in [0.15, 0.2) is 5.60 Å². The molecule has 3 atom stereocenters. The number of hydrogen-bond acceptors (Lipinski definition) is 4. The molecule has 214 valence electrons.